The predicted molar refractivity (Wildman–Crippen MR) is 89.0 cm³/mol. The molecule has 114 valence electrons. The highest BCUT2D eigenvalue weighted by Gasteiger charge is 2.14. The van der Waals surface area contributed by atoms with Crippen molar-refractivity contribution in [3.8, 4) is 5.75 Å². The van der Waals surface area contributed by atoms with Crippen molar-refractivity contribution >= 4 is 0 Å². The van der Waals surface area contributed by atoms with Crippen LogP contribution in [0.4, 0.5) is 0 Å². The zero-order valence-corrected chi connectivity index (χ0v) is 14.3. The zero-order chi connectivity index (χ0) is 15.1. The lowest BCUT2D eigenvalue weighted by Crippen LogP contribution is -2.05. The number of hydrogen-bond donors (Lipinski definition) is 0. The minimum atomic E-state index is 0.512. The van der Waals surface area contributed by atoms with Gasteiger partial charge in [0.25, 0.3) is 0 Å². The van der Waals surface area contributed by atoms with Crippen LogP contribution >= 0.6 is 0 Å². The Kier molecular flexibility index (Phi) is 7.12. The van der Waals surface area contributed by atoms with Gasteiger partial charge < -0.3 is 4.74 Å². The molecule has 0 N–H and O–H groups in total. The minimum absolute atomic E-state index is 0.512. The molecule has 0 saturated heterocycles. The monoisotopic (exact) mass is 276 g/mol. The zero-order valence-electron chi connectivity index (χ0n) is 14.3. The van der Waals surface area contributed by atoms with Gasteiger partial charge in [0.2, 0.25) is 0 Å². The van der Waals surface area contributed by atoms with E-state index in [2.05, 4.69) is 53.7 Å². The van der Waals surface area contributed by atoms with E-state index in [1.54, 1.807) is 0 Å². The normalized spacial score (nSPS) is 11.4. The van der Waals surface area contributed by atoms with Crippen LogP contribution in [0.15, 0.2) is 12.1 Å². The molecule has 0 aliphatic carbocycles. The Hall–Kier alpha value is -0.980. The molecule has 0 atom stereocenters. The third-order valence-electron chi connectivity index (χ3n) is 3.86. The Balaban J connectivity index is 2.83. The number of benzene rings is 1. The quantitative estimate of drug-likeness (QED) is 0.513. The van der Waals surface area contributed by atoms with Crippen LogP contribution in [0, 0.1) is 6.92 Å². The van der Waals surface area contributed by atoms with Crippen molar-refractivity contribution in [2.24, 2.45) is 0 Å². The fraction of sp³-hybridized carbons (Fsp3) is 0.684. The summed E-state index contributed by atoms with van der Waals surface area (Å²) in [5.41, 5.74) is 4.07. The fourth-order valence-electron chi connectivity index (χ4n) is 2.49. The van der Waals surface area contributed by atoms with E-state index >= 15 is 0 Å². The van der Waals surface area contributed by atoms with Crippen molar-refractivity contribution in [1.82, 2.24) is 0 Å². The standard InChI is InChI=1S/C19H32O/c1-7-8-9-10-11-20-19-16(6)12-17(14(2)3)13-18(19)15(4)5/h12-15H,7-11H2,1-6H3. The van der Waals surface area contributed by atoms with Crippen LogP contribution < -0.4 is 4.74 Å². The first-order valence-corrected chi connectivity index (χ1v) is 8.24. The molecule has 0 amide bonds. The van der Waals surface area contributed by atoms with E-state index in [-0.39, 0.29) is 0 Å². The number of ether oxygens (including phenoxy) is 1. The summed E-state index contributed by atoms with van der Waals surface area (Å²) in [5, 5.41) is 0. The molecule has 0 heterocycles. The summed E-state index contributed by atoms with van der Waals surface area (Å²) in [6.07, 6.45) is 5.03. The Labute approximate surface area is 125 Å². The maximum atomic E-state index is 6.11. The van der Waals surface area contributed by atoms with Crippen LogP contribution in [0.5, 0.6) is 5.75 Å². The third-order valence-corrected chi connectivity index (χ3v) is 3.86. The molecule has 0 fully saturated rings. The van der Waals surface area contributed by atoms with Gasteiger partial charge in [-0.15, -0.1) is 0 Å². The van der Waals surface area contributed by atoms with Crippen LogP contribution in [0.1, 0.15) is 88.8 Å². The van der Waals surface area contributed by atoms with Crippen molar-refractivity contribution in [1.29, 1.82) is 0 Å². The van der Waals surface area contributed by atoms with Crippen LogP contribution in [0.3, 0.4) is 0 Å². The molecule has 0 radical (unpaired) electrons. The Morgan fingerprint density at radius 1 is 0.950 bits per heavy atom. The lowest BCUT2D eigenvalue weighted by Gasteiger charge is -2.19. The van der Waals surface area contributed by atoms with Crippen molar-refractivity contribution in [2.75, 3.05) is 6.61 Å². The van der Waals surface area contributed by atoms with Crippen molar-refractivity contribution in [2.45, 2.75) is 79.1 Å². The maximum Gasteiger partial charge on any atom is 0.125 e. The molecular weight excluding hydrogens is 244 g/mol. The lowest BCUT2D eigenvalue weighted by atomic mass is 9.92. The molecule has 0 unspecified atom stereocenters. The van der Waals surface area contributed by atoms with Gasteiger partial charge in [-0.25, -0.2) is 0 Å². The first-order valence-electron chi connectivity index (χ1n) is 8.24. The van der Waals surface area contributed by atoms with Gasteiger partial charge in [-0.3, -0.25) is 0 Å². The highest BCUT2D eigenvalue weighted by molar-refractivity contribution is 5.46. The second kappa shape index (κ2) is 8.34. The molecule has 20 heavy (non-hydrogen) atoms. The third kappa shape index (κ3) is 4.85. The Morgan fingerprint density at radius 3 is 2.20 bits per heavy atom. The largest absolute Gasteiger partial charge is 0.493 e. The van der Waals surface area contributed by atoms with Crippen molar-refractivity contribution in [3.63, 3.8) is 0 Å². The summed E-state index contributed by atoms with van der Waals surface area (Å²) in [7, 11) is 0. The summed E-state index contributed by atoms with van der Waals surface area (Å²) < 4.78 is 6.11. The predicted octanol–water partition coefficient (Wildman–Crippen LogP) is 6.20. The van der Waals surface area contributed by atoms with Crippen LogP contribution in [-0.2, 0) is 0 Å². The van der Waals surface area contributed by atoms with Gasteiger partial charge in [0.05, 0.1) is 6.61 Å². The van der Waals surface area contributed by atoms with Crippen molar-refractivity contribution in [3.05, 3.63) is 28.8 Å². The Morgan fingerprint density at radius 2 is 1.65 bits per heavy atom. The van der Waals surface area contributed by atoms with Gasteiger partial charge in [-0.2, -0.15) is 0 Å². The van der Waals surface area contributed by atoms with E-state index in [0.717, 1.165) is 18.8 Å². The molecule has 0 spiro atoms. The minimum Gasteiger partial charge on any atom is -0.493 e. The van der Waals surface area contributed by atoms with Gasteiger partial charge >= 0.3 is 0 Å². The highest BCUT2D eigenvalue weighted by atomic mass is 16.5. The average molecular weight is 276 g/mol. The average Bonchev–Trinajstić information content (AvgIpc) is 2.39. The van der Waals surface area contributed by atoms with Gasteiger partial charge in [0, 0.05) is 0 Å². The first-order chi connectivity index (χ1) is 9.47. The van der Waals surface area contributed by atoms with Crippen LogP contribution in [0.2, 0.25) is 0 Å². The summed E-state index contributed by atoms with van der Waals surface area (Å²) in [4.78, 5) is 0. The topological polar surface area (TPSA) is 9.23 Å². The van der Waals surface area contributed by atoms with E-state index in [1.807, 2.05) is 0 Å². The Bertz CT molecular complexity index is 404. The second-order valence-electron chi connectivity index (χ2n) is 6.47. The lowest BCUT2D eigenvalue weighted by molar-refractivity contribution is 0.299. The molecule has 1 aromatic rings. The maximum absolute atomic E-state index is 6.11. The van der Waals surface area contributed by atoms with Gasteiger partial charge in [-0.1, -0.05) is 66.0 Å². The molecule has 0 saturated carbocycles. The van der Waals surface area contributed by atoms with Gasteiger partial charge in [0.1, 0.15) is 5.75 Å². The molecule has 0 aliphatic rings. The van der Waals surface area contributed by atoms with E-state index in [1.165, 1.54) is 36.0 Å². The molecule has 1 heteroatoms. The van der Waals surface area contributed by atoms with Gasteiger partial charge in [0.15, 0.2) is 0 Å². The van der Waals surface area contributed by atoms with E-state index in [0.29, 0.717) is 11.8 Å². The summed E-state index contributed by atoms with van der Waals surface area (Å²) >= 11 is 0. The summed E-state index contributed by atoms with van der Waals surface area (Å²) in [5.74, 6) is 2.21. The molecule has 1 rings (SSSR count). The van der Waals surface area contributed by atoms with E-state index in [4.69, 9.17) is 4.74 Å². The SMILES string of the molecule is CCCCCCOc1c(C)cc(C(C)C)cc1C(C)C. The fourth-order valence-corrected chi connectivity index (χ4v) is 2.49. The molecule has 0 aromatic heterocycles. The van der Waals surface area contributed by atoms with Gasteiger partial charge in [-0.05, 0) is 41.9 Å². The van der Waals surface area contributed by atoms with Crippen LogP contribution in [0.25, 0.3) is 0 Å². The molecule has 0 aliphatic heterocycles. The number of aryl methyl sites for hydroxylation is 1. The first kappa shape index (κ1) is 17.1. The summed E-state index contributed by atoms with van der Waals surface area (Å²) in [6, 6.07) is 4.63. The van der Waals surface area contributed by atoms with Crippen molar-refractivity contribution < 1.29 is 4.74 Å². The number of rotatable bonds is 8. The smallest absolute Gasteiger partial charge is 0.125 e. The van der Waals surface area contributed by atoms with E-state index in [9.17, 15) is 0 Å². The molecule has 0 bridgehead atoms. The van der Waals surface area contributed by atoms with E-state index < -0.39 is 0 Å². The molecule has 1 nitrogen and oxygen atoms in total. The second-order valence-corrected chi connectivity index (χ2v) is 6.47. The highest BCUT2D eigenvalue weighted by Crippen LogP contribution is 2.33. The number of hydrogen-bond acceptors (Lipinski definition) is 1. The molecule has 1 aromatic carbocycles. The van der Waals surface area contributed by atoms with Crippen LogP contribution in [-0.4, -0.2) is 6.61 Å². The summed E-state index contributed by atoms with van der Waals surface area (Å²) in [6.45, 7) is 14.3. The number of unbranched alkanes of at least 4 members (excludes halogenated alkanes) is 3. The molecular formula is C19H32O.